The minimum atomic E-state index is -0.806. The monoisotopic (exact) mass is 454 g/mol. The Kier molecular flexibility index (Phi) is 6.30. The molecule has 33 heavy (non-hydrogen) atoms. The average molecular weight is 455 g/mol. The molecule has 0 aromatic rings. The molecule has 0 heterocycles. The van der Waals surface area contributed by atoms with E-state index in [1.165, 1.54) is 19.3 Å². The second kappa shape index (κ2) is 8.40. The smallest absolute Gasteiger partial charge is 0.330 e. The van der Waals surface area contributed by atoms with Crippen LogP contribution in [0.1, 0.15) is 99.8 Å². The zero-order valence-corrected chi connectivity index (χ0v) is 22.0. The molecule has 0 aromatic heterocycles. The number of aliphatic hydroxyl groups excluding tert-OH is 1. The van der Waals surface area contributed by atoms with E-state index < -0.39 is 5.97 Å². The lowest BCUT2D eigenvalue weighted by Gasteiger charge is -2.62. The van der Waals surface area contributed by atoms with Gasteiger partial charge in [0.25, 0.3) is 0 Å². The van der Waals surface area contributed by atoms with E-state index in [9.17, 15) is 9.90 Å². The van der Waals surface area contributed by atoms with Crippen molar-refractivity contribution in [3.63, 3.8) is 0 Å². The van der Waals surface area contributed by atoms with Gasteiger partial charge in [0.2, 0.25) is 0 Å². The normalized spacial score (nSPS) is 41.1. The van der Waals surface area contributed by atoms with Gasteiger partial charge in [0.1, 0.15) is 0 Å². The van der Waals surface area contributed by atoms with Crippen molar-refractivity contribution in [3.8, 4) is 0 Å². The molecule has 4 rings (SSSR count). The summed E-state index contributed by atoms with van der Waals surface area (Å²) < 4.78 is 0. The van der Waals surface area contributed by atoms with Gasteiger partial charge in [-0.15, -0.1) is 0 Å². The zero-order chi connectivity index (χ0) is 24.3. The average Bonchev–Trinajstić information content (AvgIpc) is 3.11. The molecule has 0 amide bonds. The lowest BCUT2D eigenvalue weighted by molar-refractivity contribution is -0.132. The number of carboxylic acids is 1. The summed E-state index contributed by atoms with van der Waals surface area (Å²) in [5.41, 5.74) is 6.00. The minimum Gasteiger partial charge on any atom is -0.478 e. The zero-order valence-electron chi connectivity index (χ0n) is 22.0. The van der Waals surface area contributed by atoms with Gasteiger partial charge in [-0.1, -0.05) is 70.4 Å². The summed E-state index contributed by atoms with van der Waals surface area (Å²) >= 11 is 0. The van der Waals surface area contributed by atoms with Crippen molar-refractivity contribution in [1.29, 1.82) is 0 Å². The van der Waals surface area contributed by atoms with Crippen LogP contribution >= 0.6 is 0 Å². The van der Waals surface area contributed by atoms with Gasteiger partial charge in [0.15, 0.2) is 0 Å². The van der Waals surface area contributed by atoms with Gasteiger partial charge in [-0.2, -0.15) is 0 Å². The fourth-order valence-electron chi connectivity index (χ4n) is 8.78. The Morgan fingerprint density at radius 3 is 2.61 bits per heavy atom. The van der Waals surface area contributed by atoms with Crippen LogP contribution in [-0.4, -0.2) is 22.3 Å². The van der Waals surface area contributed by atoms with E-state index in [1.807, 2.05) is 6.08 Å². The maximum Gasteiger partial charge on any atom is 0.330 e. The SMILES string of the molecule is C/C(=C/CC[C@@H](C)C1=C2C(C)C[C@H]3C(=CC[C@H]4C(C)(C)[C@H](O)CC[C@]34C)[C@]2(C)CC1)C(=O)O. The standard InChI is InChI=1S/C30H46O3/c1-18(9-8-10-19(2)27(32)33)21-13-15-30(7)22-11-12-24-28(4,5)25(31)14-16-29(24,6)23(22)17-20(3)26(21)30/h10-11,18,20,23-25,31H,8-9,12-17H2,1-7H3,(H,32,33)/b19-10-/t18-,20?,23+,24+,25-,29-,30+/m1/s1. The van der Waals surface area contributed by atoms with Gasteiger partial charge in [-0.25, -0.2) is 4.79 Å². The molecule has 184 valence electrons. The van der Waals surface area contributed by atoms with E-state index in [-0.39, 0.29) is 22.3 Å². The van der Waals surface area contributed by atoms with E-state index in [0.717, 1.165) is 32.1 Å². The Labute approximate surface area is 201 Å². The Morgan fingerprint density at radius 1 is 1.24 bits per heavy atom. The van der Waals surface area contributed by atoms with Crippen LogP contribution in [0, 0.1) is 39.9 Å². The van der Waals surface area contributed by atoms with Crippen molar-refractivity contribution in [3.05, 3.63) is 34.4 Å². The minimum absolute atomic E-state index is 0.0216. The largest absolute Gasteiger partial charge is 0.478 e. The summed E-state index contributed by atoms with van der Waals surface area (Å²) in [6.45, 7) is 16.2. The fourth-order valence-corrected chi connectivity index (χ4v) is 8.78. The number of hydrogen-bond acceptors (Lipinski definition) is 2. The molecule has 1 unspecified atom stereocenters. The third kappa shape index (κ3) is 3.77. The van der Waals surface area contributed by atoms with Crippen molar-refractivity contribution in [2.24, 2.45) is 39.9 Å². The van der Waals surface area contributed by atoms with Crippen molar-refractivity contribution in [2.75, 3.05) is 0 Å². The van der Waals surface area contributed by atoms with Gasteiger partial charge in [0.05, 0.1) is 6.10 Å². The highest BCUT2D eigenvalue weighted by atomic mass is 16.4. The number of aliphatic carboxylic acids is 1. The van der Waals surface area contributed by atoms with Crippen LogP contribution in [0.15, 0.2) is 34.4 Å². The first-order valence-electron chi connectivity index (χ1n) is 13.4. The van der Waals surface area contributed by atoms with E-state index in [0.29, 0.717) is 29.2 Å². The Balaban J connectivity index is 1.64. The van der Waals surface area contributed by atoms with E-state index in [2.05, 4.69) is 47.6 Å². The topological polar surface area (TPSA) is 57.5 Å². The molecule has 0 aromatic carbocycles. The van der Waals surface area contributed by atoms with Crippen LogP contribution in [0.2, 0.25) is 0 Å². The Hall–Kier alpha value is -1.35. The summed E-state index contributed by atoms with van der Waals surface area (Å²) in [6, 6.07) is 0. The molecule has 4 aliphatic carbocycles. The number of allylic oxidation sites excluding steroid dienone is 5. The molecule has 0 bridgehead atoms. The first-order chi connectivity index (χ1) is 15.3. The van der Waals surface area contributed by atoms with Crippen molar-refractivity contribution >= 4 is 5.97 Å². The summed E-state index contributed by atoms with van der Waals surface area (Å²) in [6.07, 6.45) is 13.0. The van der Waals surface area contributed by atoms with Crippen LogP contribution in [0.5, 0.6) is 0 Å². The molecule has 3 nitrogen and oxygen atoms in total. The van der Waals surface area contributed by atoms with Gasteiger partial charge in [0, 0.05) is 11.0 Å². The van der Waals surface area contributed by atoms with Crippen molar-refractivity contribution < 1.29 is 15.0 Å². The quantitative estimate of drug-likeness (QED) is 0.338. The van der Waals surface area contributed by atoms with Gasteiger partial charge < -0.3 is 10.2 Å². The number of fused-ring (bicyclic) bond motifs is 5. The molecule has 7 atom stereocenters. The molecule has 0 saturated heterocycles. The molecule has 0 aliphatic heterocycles. The van der Waals surface area contributed by atoms with Crippen LogP contribution in [-0.2, 0) is 4.79 Å². The molecule has 2 fully saturated rings. The van der Waals surface area contributed by atoms with Gasteiger partial charge >= 0.3 is 5.97 Å². The predicted octanol–water partition coefficient (Wildman–Crippen LogP) is 7.32. The van der Waals surface area contributed by atoms with Crippen molar-refractivity contribution in [1.82, 2.24) is 0 Å². The summed E-state index contributed by atoms with van der Waals surface area (Å²) in [5, 5.41) is 19.9. The second-order valence-corrected chi connectivity index (χ2v) is 13.0. The lowest BCUT2D eigenvalue weighted by atomic mass is 9.43. The maximum absolute atomic E-state index is 11.1. The highest BCUT2D eigenvalue weighted by molar-refractivity contribution is 5.85. The molecule has 0 radical (unpaired) electrons. The first kappa shape index (κ1) is 24.8. The lowest BCUT2D eigenvalue weighted by Crippen LogP contribution is -2.56. The van der Waals surface area contributed by atoms with Crippen LogP contribution in [0.25, 0.3) is 0 Å². The number of carbonyl (C=O) groups is 1. The molecular formula is C30H46O3. The van der Waals surface area contributed by atoms with E-state index in [4.69, 9.17) is 5.11 Å². The molecule has 3 heteroatoms. The van der Waals surface area contributed by atoms with Crippen LogP contribution < -0.4 is 0 Å². The highest BCUT2D eigenvalue weighted by Gasteiger charge is 2.60. The predicted molar refractivity (Wildman–Crippen MR) is 135 cm³/mol. The van der Waals surface area contributed by atoms with Gasteiger partial charge in [-0.3, -0.25) is 0 Å². The van der Waals surface area contributed by atoms with Crippen LogP contribution in [0.3, 0.4) is 0 Å². The first-order valence-corrected chi connectivity index (χ1v) is 13.4. The molecule has 0 spiro atoms. The van der Waals surface area contributed by atoms with Gasteiger partial charge in [-0.05, 0) is 92.8 Å². The second-order valence-electron chi connectivity index (χ2n) is 13.0. The maximum atomic E-state index is 11.1. The third-order valence-corrected chi connectivity index (χ3v) is 10.8. The van der Waals surface area contributed by atoms with E-state index in [1.54, 1.807) is 23.6 Å². The third-order valence-electron chi connectivity index (χ3n) is 10.8. The molecule has 4 aliphatic rings. The summed E-state index contributed by atoms with van der Waals surface area (Å²) in [4.78, 5) is 11.1. The molecular weight excluding hydrogens is 408 g/mol. The van der Waals surface area contributed by atoms with E-state index >= 15 is 0 Å². The Bertz CT molecular complexity index is 906. The number of hydrogen-bond donors (Lipinski definition) is 2. The number of rotatable bonds is 5. The number of aliphatic hydroxyl groups is 1. The summed E-state index contributed by atoms with van der Waals surface area (Å²) in [7, 11) is 0. The number of carboxylic acid groups (broad SMARTS) is 1. The van der Waals surface area contributed by atoms with Crippen LogP contribution in [0.4, 0.5) is 0 Å². The van der Waals surface area contributed by atoms with Crippen molar-refractivity contribution in [2.45, 2.75) is 106 Å². The summed E-state index contributed by atoms with van der Waals surface area (Å²) in [5.74, 6) is 1.48. The molecule has 2 N–H and O–H groups in total. The Morgan fingerprint density at radius 2 is 1.94 bits per heavy atom. The molecule has 2 saturated carbocycles. The highest BCUT2D eigenvalue weighted by Crippen LogP contribution is 2.69. The fraction of sp³-hybridized carbons (Fsp3) is 0.767.